The maximum atomic E-state index is 12.4. The lowest BCUT2D eigenvalue weighted by Crippen LogP contribution is -2.33. The highest BCUT2D eigenvalue weighted by molar-refractivity contribution is 9.11. The van der Waals surface area contributed by atoms with Crippen LogP contribution >= 0.6 is 27.3 Å². The number of ether oxygens (including phenoxy) is 1. The van der Waals surface area contributed by atoms with Crippen molar-refractivity contribution in [1.82, 2.24) is 4.31 Å². The quantitative estimate of drug-likeness (QED) is 0.790. The first kappa shape index (κ1) is 16.6. The molecule has 0 aliphatic rings. The molecule has 0 amide bonds. The number of methoxy groups -OCH3 is 1. The number of likely N-dealkylation sites (N-methyl/N-ethyl adjacent to an activating group) is 1. The lowest BCUT2D eigenvalue weighted by molar-refractivity contribution is 0.0702. The van der Waals surface area contributed by atoms with Crippen LogP contribution in [0.3, 0.4) is 0 Å². The zero-order chi connectivity index (χ0) is 14.6. The van der Waals surface area contributed by atoms with Gasteiger partial charge in [-0.1, -0.05) is 6.92 Å². The van der Waals surface area contributed by atoms with Gasteiger partial charge in [0.25, 0.3) is 0 Å². The third kappa shape index (κ3) is 3.76. The average Bonchev–Trinajstić information content (AvgIpc) is 2.73. The van der Waals surface area contributed by atoms with Crippen LogP contribution in [-0.2, 0) is 14.8 Å². The zero-order valence-corrected chi connectivity index (χ0v) is 13.6. The summed E-state index contributed by atoms with van der Waals surface area (Å²) in [6.07, 6.45) is 0. The molecule has 1 N–H and O–H groups in total. The highest BCUT2D eigenvalue weighted by Gasteiger charge is 2.28. The predicted molar refractivity (Wildman–Crippen MR) is 75.3 cm³/mol. The number of thiophene rings is 1. The Kier molecular flexibility index (Phi) is 5.93. The molecule has 1 rings (SSSR count). The first-order valence-electron chi connectivity index (χ1n) is 5.36. The highest BCUT2D eigenvalue weighted by atomic mass is 79.9. The van der Waals surface area contributed by atoms with Gasteiger partial charge in [-0.3, -0.25) is 0 Å². The van der Waals surface area contributed by atoms with Crippen LogP contribution in [0.15, 0.2) is 14.7 Å². The third-order valence-electron chi connectivity index (χ3n) is 2.38. The van der Waals surface area contributed by atoms with Crippen molar-refractivity contribution < 1.29 is 23.1 Å². The average molecular weight is 372 g/mol. The fourth-order valence-electron chi connectivity index (χ4n) is 1.41. The second-order valence-electron chi connectivity index (χ2n) is 3.54. The van der Waals surface area contributed by atoms with Crippen LogP contribution in [0.1, 0.15) is 16.6 Å². The molecule has 0 atom stereocenters. The van der Waals surface area contributed by atoms with Gasteiger partial charge < -0.3 is 9.84 Å². The van der Waals surface area contributed by atoms with E-state index in [-0.39, 0.29) is 29.5 Å². The molecule has 19 heavy (non-hydrogen) atoms. The van der Waals surface area contributed by atoms with Gasteiger partial charge >= 0.3 is 5.97 Å². The monoisotopic (exact) mass is 371 g/mol. The van der Waals surface area contributed by atoms with Crippen molar-refractivity contribution in [2.75, 3.05) is 26.8 Å². The Morgan fingerprint density at radius 2 is 2.21 bits per heavy atom. The standard InChI is InChI=1S/C10H14BrNO5S2/c1-3-12(4-5-17-2)19(15,16)8-6-7(10(13)14)18-9(8)11/h6H,3-5H2,1-2H3,(H,13,14). The molecule has 6 nitrogen and oxygen atoms in total. The van der Waals surface area contributed by atoms with E-state index in [1.165, 1.54) is 17.5 Å². The van der Waals surface area contributed by atoms with Crippen LogP contribution < -0.4 is 0 Å². The van der Waals surface area contributed by atoms with Crippen LogP contribution in [0, 0.1) is 0 Å². The molecular weight excluding hydrogens is 358 g/mol. The highest BCUT2D eigenvalue weighted by Crippen LogP contribution is 2.33. The van der Waals surface area contributed by atoms with Crippen LogP contribution in [0.4, 0.5) is 0 Å². The van der Waals surface area contributed by atoms with E-state index >= 15 is 0 Å². The minimum atomic E-state index is -3.71. The Balaban J connectivity index is 3.14. The molecule has 108 valence electrons. The van der Waals surface area contributed by atoms with Crippen molar-refractivity contribution in [3.05, 3.63) is 14.7 Å². The second kappa shape index (κ2) is 6.80. The number of rotatable bonds is 7. The minimum Gasteiger partial charge on any atom is -0.477 e. The van der Waals surface area contributed by atoms with E-state index in [1.54, 1.807) is 6.92 Å². The summed E-state index contributed by atoms with van der Waals surface area (Å²) in [5, 5.41) is 8.89. The topological polar surface area (TPSA) is 83.9 Å². The zero-order valence-electron chi connectivity index (χ0n) is 10.4. The molecule has 0 spiro atoms. The first-order valence-corrected chi connectivity index (χ1v) is 8.41. The largest absolute Gasteiger partial charge is 0.477 e. The summed E-state index contributed by atoms with van der Waals surface area (Å²) in [4.78, 5) is 10.8. The number of nitrogens with zero attached hydrogens (tertiary/aromatic N) is 1. The molecule has 1 aromatic rings. The Labute approximate surface area is 124 Å². The van der Waals surface area contributed by atoms with Gasteiger partial charge in [0.15, 0.2) is 0 Å². The molecule has 0 saturated heterocycles. The Bertz CT molecular complexity index is 554. The fourth-order valence-corrected chi connectivity index (χ4v) is 5.20. The van der Waals surface area contributed by atoms with Crippen LogP contribution in [-0.4, -0.2) is 50.6 Å². The van der Waals surface area contributed by atoms with E-state index in [0.29, 0.717) is 3.79 Å². The summed E-state index contributed by atoms with van der Waals surface area (Å²) in [7, 11) is -2.22. The normalized spacial score (nSPS) is 12.0. The van der Waals surface area contributed by atoms with Gasteiger partial charge in [0.1, 0.15) is 9.77 Å². The Morgan fingerprint density at radius 3 is 2.63 bits per heavy atom. The Hall–Kier alpha value is -0.480. The summed E-state index contributed by atoms with van der Waals surface area (Å²) in [6.45, 7) is 2.50. The number of carboxylic acid groups (broad SMARTS) is 1. The van der Waals surface area contributed by atoms with Crippen molar-refractivity contribution in [2.45, 2.75) is 11.8 Å². The van der Waals surface area contributed by atoms with E-state index in [1.807, 2.05) is 0 Å². The van der Waals surface area contributed by atoms with Gasteiger partial charge in [0.2, 0.25) is 10.0 Å². The Morgan fingerprint density at radius 1 is 1.58 bits per heavy atom. The van der Waals surface area contributed by atoms with Gasteiger partial charge in [-0.2, -0.15) is 4.31 Å². The molecule has 0 saturated carbocycles. The lowest BCUT2D eigenvalue weighted by atomic mass is 10.5. The number of carbonyl (C=O) groups is 1. The number of aromatic carboxylic acids is 1. The first-order chi connectivity index (χ1) is 8.84. The summed E-state index contributed by atoms with van der Waals surface area (Å²) >= 11 is 3.99. The van der Waals surface area contributed by atoms with Crippen LogP contribution in [0.25, 0.3) is 0 Å². The van der Waals surface area contributed by atoms with Crippen molar-refractivity contribution in [2.24, 2.45) is 0 Å². The summed E-state index contributed by atoms with van der Waals surface area (Å²) < 4.78 is 31.2. The van der Waals surface area contributed by atoms with Gasteiger partial charge in [-0.05, 0) is 22.0 Å². The molecule has 0 bridgehead atoms. The maximum Gasteiger partial charge on any atom is 0.345 e. The number of carboxylic acids is 1. The maximum absolute atomic E-state index is 12.4. The van der Waals surface area contributed by atoms with E-state index < -0.39 is 16.0 Å². The SMILES string of the molecule is CCN(CCOC)S(=O)(=O)c1cc(C(=O)O)sc1Br. The van der Waals surface area contributed by atoms with Gasteiger partial charge in [-0.15, -0.1) is 11.3 Å². The van der Waals surface area contributed by atoms with Crippen LogP contribution in [0.2, 0.25) is 0 Å². The van der Waals surface area contributed by atoms with Crippen LogP contribution in [0.5, 0.6) is 0 Å². The molecule has 0 fully saturated rings. The molecule has 0 aliphatic carbocycles. The number of hydrogen-bond acceptors (Lipinski definition) is 5. The molecule has 1 aromatic heterocycles. The van der Waals surface area contributed by atoms with Crippen molar-refractivity contribution in [3.63, 3.8) is 0 Å². The van der Waals surface area contributed by atoms with Gasteiger partial charge in [0, 0.05) is 20.2 Å². The smallest absolute Gasteiger partial charge is 0.345 e. The number of sulfonamides is 1. The molecule has 9 heteroatoms. The van der Waals surface area contributed by atoms with Crippen molar-refractivity contribution in [3.8, 4) is 0 Å². The third-order valence-corrected chi connectivity index (χ3v) is 6.60. The fraction of sp³-hybridized carbons (Fsp3) is 0.500. The molecule has 0 aromatic carbocycles. The van der Waals surface area contributed by atoms with E-state index in [9.17, 15) is 13.2 Å². The number of halogens is 1. The van der Waals surface area contributed by atoms with Gasteiger partial charge in [-0.25, -0.2) is 13.2 Å². The second-order valence-corrected chi connectivity index (χ2v) is 7.82. The minimum absolute atomic E-state index is 0.0201. The summed E-state index contributed by atoms with van der Waals surface area (Å²) in [5.74, 6) is -1.15. The lowest BCUT2D eigenvalue weighted by Gasteiger charge is -2.19. The van der Waals surface area contributed by atoms with E-state index in [4.69, 9.17) is 9.84 Å². The van der Waals surface area contributed by atoms with Crippen molar-refractivity contribution in [1.29, 1.82) is 0 Å². The van der Waals surface area contributed by atoms with E-state index in [2.05, 4.69) is 15.9 Å². The summed E-state index contributed by atoms with van der Waals surface area (Å²) in [6, 6.07) is 1.17. The predicted octanol–water partition coefficient (Wildman–Crippen LogP) is 1.87. The molecular formula is C10H14BrNO5S2. The molecule has 0 unspecified atom stereocenters. The van der Waals surface area contributed by atoms with E-state index in [0.717, 1.165) is 11.3 Å². The molecule has 0 aliphatic heterocycles. The molecule has 1 heterocycles. The number of hydrogen-bond donors (Lipinski definition) is 1. The van der Waals surface area contributed by atoms with Gasteiger partial charge in [0.05, 0.1) is 10.4 Å². The molecule has 0 radical (unpaired) electrons. The summed E-state index contributed by atoms with van der Waals surface area (Å²) in [5.41, 5.74) is 0. The van der Waals surface area contributed by atoms with Crippen molar-refractivity contribution >= 4 is 43.3 Å².